The second kappa shape index (κ2) is 8.71. The first-order valence-electron chi connectivity index (χ1n) is 9.48. The molecule has 26 heavy (non-hydrogen) atoms. The van der Waals surface area contributed by atoms with Crippen LogP contribution in [0.2, 0.25) is 0 Å². The van der Waals surface area contributed by atoms with Crippen molar-refractivity contribution in [3.63, 3.8) is 0 Å². The number of rotatable bonds is 7. The first-order valence-corrected chi connectivity index (χ1v) is 9.48. The van der Waals surface area contributed by atoms with Crippen molar-refractivity contribution in [1.29, 1.82) is 0 Å². The van der Waals surface area contributed by atoms with Crippen LogP contribution >= 0.6 is 0 Å². The summed E-state index contributed by atoms with van der Waals surface area (Å²) in [6.45, 7) is 5.26. The van der Waals surface area contributed by atoms with E-state index in [4.69, 9.17) is 4.98 Å². The van der Waals surface area contributed by atoms with Gasteiger partial charge in [0.2, 0.25) is 0 Å². The van der Waals surface area contributed by atoms with Gasteiger partial charge in [0.25, 0.3) is 0 Å². The first kappa shape index (κ1) is 19.0. The Morgan fingerprint density at radius 1 is 1.15 bits per heavy atom. The van der Waals surface area contributed by atoms with E-state index >= 15 is 0 Å². The lowest BCUT2D eigenvalue weighted by molar-refractivity contribution is 0.0716. The van der Waals surface area contributed by atoms with Gasteiger partial charge in [0.05, 0.1) is 6.10 Å². The third kappa shape index (κ3) is 4.47. The maximum absolute atomic E-state index is 10.4. The number of aliphatic hydroxyl groups is 2. The van der Waals surface area contributed by atoms with Crippen molar-refractivity contribution >= 4 is 0 Å². The Morgan fingerprint density at radius 2 is 1.92 bits per heavy atom. The van der Waals surface area contributed by atoms with Gasteiger partial charge in [0.15, 0.2) is 5.82 Å². The van der Waals surface area contributed by atoms with Crippen LogP contribution in [0.1, 0.15) is 26.0 Å². The highest BCUT2D eigenvalue weighted by Crippen LogP contribution is 2.35. The molecule has 3 N–H and O–H groups in total. The van der Waals surface area contributed by atoms with E-state index in [-0.39, 0.29) is 24.5 Å². The van der Waals surface area contributed by atoms with Gasteiger partial charge >= 0.3 is 0 Å². The fraction of sp³-hybridized carbons (Fsp3) is 0.524. The predicted molar refractivity (Wildman–Crippen MR) is 102 cm³/mol. The second-order valence-corrected chi connectivity index (χ2v) is 7.66. The Bertz CT molecular complexity index is 693. The molecule has 4 atom stereocenters. The highest BCUT2D eigenvalue weighted by molar-refractivity contribution is 5.54. The number of hydrogen-bond acceptors (Lipinski definition) is 5. The van der Waals surface area contributed by atoms with E-state index < -0.39 is 6.10 Å². The Labute approximate surface area is 155 Å². The minimum Gasteiger partial charge on any atom is -0.396 e. The summed E-state index contributed by atoms with van der Waals surface area (Å²) in [6.07, 6.45) is 2.73. The van der Waals surface area contributed by atoms with Gasteiger partial charge in [-0.1, -0.05) is 44.2 Å². The van der Waals surface area contributed by atoms with Crippen LogP contribution in [0.3, 0.4) is 0 Å². The molecule has 0 bridgehead atoms. The summed E-state index contributed by atoms with van der Waals surface area (Å²) < 4.78 is 0. The fourth-order valence-corrected chi connectivity index (χ4v) is 3.84. The van der Waals surface area contributed by atoms with Crippen molar-refractivity contribution in [1.82, 2.24) is 15.3 Å². The van der Waals surface area contributed by atoms with Crippen LogP contribution in [0.25, 0.3) is 11.4 Å². The second-order valence-electron chi connectivity index (χ2n) is 7.66. The summed E-state index contributed by atoms with van der Waals surface area (Å²) in [5, 5.41) is 23.7. The molecule has 1 aromatic heterocycles. The number of nitrogens with zero attached hydrogens (tertiary/aromatic N) is 2. The third-order valence-corrected chi connectivity index (χ3v) is 5.25. The number of nitrogens with one attached hydrogen (secondary N) is 1. The molecule has 4 unspecified atom stereocenters. The number of benzene rings is 1. The van der Waals surface area contributed by atoms with Crippen molar-refractivity contribution in [3.05, 3.63) is 48.3 Å². The van der Waals surface area contributed by atoms with Gasteiger partial charge in [0.1, 0.15) is 0 Å². The molecule has 5 nitrogen and oxygen atoms in total. The average Bonchev–Trinajstić information content (AvgIpc) is 2.95. The van der Waals surface area contributed by atoms with E-state index in [0.29, 0.717) is 18.2 Å². The summed E-state index contributed by atoms with van der Waals surface area (Å²) in [7, 11) is 0. The summed E-state index contributed by atoms with van der Waals surface area (Å²) in [4.78, 5) is 9.12. The van der Waals surface area contributed by atoms with E-state index in [1.54, 1.807) is 6.20 Å². The molecule has 1 aromatic carbocycles. The zero-order chi connectivity index (χ0) is 18.5. The molecule has 1 heterocycles. The molecular formula is C21H29N3O2. The highest BCUT2D eigenvalue weighted by atomic mass is 16.3. The van der Waals surface area contributed by atoms with Gasteiger partial charge in [-0.15, -0.1) is 0 Å². The maximum Gasteiger partial charge on any atom is 0.159 e. The van der Waals surface area contributed by atoms with Crippen molar-refractivity contribution < 1.29 is 10.2 Å². The monoisotopic (exact) mass is 355 g/mol. The lowest BCUT2D eigenvalue weighted by Crippen LogP contribution is -2.38. The van der Waals surface area contributed by atoms with Crippen LogP contribution < -0.4 is 5.32 Å². The standard InChI is InChI=1S/C21H29N3O2/c1-14(2)12-23-19-11-20(26)18(13-25)17(19)10-16-8-9-22-21(24-16)15-6-4-3-5-7-15/h3-9,14,17-20,23,25-26H,10-13H2,1-2H3. The Morgan fingerprint density at radius 3 is 2.62 bits per heavy atom. The van der Waals surface area contributed by atoms with Crippen LogP contribution in [-0.4, -0.2) is 45.5 Å². The van der Waals surface area contributed by atoms with Crippen LogP contribution in [0, 0.1) is 17.8 Å². The largest absolute Gasteiger partial charge is 0.396 e. The molecule has 0 saturated heterocycles. The molecule has 0 amide bonds. The summed E-state index contributed by atoms with van der Waals surface area (Å²) >= 11 is 0. The van der Waals surface area contributed by atoms with Crippen molar-refractivity contribution in [3.8, 4) is 11.4 Å². The van der Waals surface area contributed by atoms with Crippen LogP contribution in [0.15, 0.2) is 42.6 Å². The molecule has 1 aliphatic carbocycles. The predicted octanol–water partition coefficient (Wildman–Crippen LogP) is 2.29. The molecule has 1 aliphatic rings. The maximum atomic E-state index is 10.4. The molecule has 3 rings (SSSR count). The van der Waals surface area contributed by atoms with Crippen LogP contribution in [-0.2, 0) is 6.42 Å². The lowest BCUT2D eigenvalue weighted by Gasteiger charge is -2.25. The fourth-order valence-electron chi connectivity index (χ4n) is 3.84. The van der Waals surface area contributed by atoms with E-state index in [1.807, 2.05) is 36.4 Å². The Kier molecular flexibility index (Phi) is 6.35. The van der Waals surface area contributed by atoms with Crippen molar-refractivity contribution in [2.75, 3.05) is 13.2 Å². The summed E-state index contributed by atoms with van der Waals surface area (Å²) in [6, 6.07) is 12.1. The number of aromatic nitrogens is 2. The van der Waals surface area contributed by atoms with E-state index in [9.17, 15) is 10.2 Å². The van der Waals surface area contributed by atoms with Crippen LogP contribution in [0.5, 0.6) is 0 Å². The Hall–Kier alpha value is -1.82. The van der Waals surface area contributed by atoms with E-state index in [1.165, 1.54) is 0 Å². The molecule has 1 fully saturated rings. The van der Waals surface area contributed by atoms with Gasteiger partial charge < -0.3 is 15.5 Å². The van der Waals surface area contributed by atoms with E-state index in [0.717, 1.165) is 24.2 Å². The molecule has 0 aliphatic heterocycles. The van der Waals surface area contributed by atoms with Crippen molar-refractivity contribution in [2.45, 2.75) is 38.8 Å². The highest BCUT2D eigenvalue weighted by Gasteiger charge is 2.42. The third-order valence-electron chi connectivity index (χ3n) is 5.25. The number of hydrogen-bond donors (Lipinski definition) is 3. The quantitative estimate of drug-likeness (QED) is 0.710. The first-order chi connectivity index (χ1) is 12.6. The minimum absolute atomic E-state index is 0.00230. The molecule has 0 radical (unpaired) electrons. The summed E-state index contributed by atoms with van der Waals surface area (Å²) in [5.41, 5.74) is 1.95. The normalized spacial score (nSPS) is 25.7. The summed E-state index contributed by atoms with van der Waals surface area (Å²) in [5.74, 6) is 1.31. The molecule has 2 aromatic rings. The Balaban J connectivity index is 1.78. The van der Waals surface area contributed by atoms with Gasteiger partial charge in [0, 0.05) is 36.0 Å². The van der Waals surface area contributed by atoms with Gasteiger partial charge in [-0.25, -0.2) is 9.97 Å². The van der Waals surface area contributed by atoms with E-state index in [2.05, 4.69) is 24.1 Å². The zero-order valence-electron chi connectivity index (χ0n) is 15.5. The molecule has 0 spiro atoms. The lowest BCUT2D eigenvalue weighted by atomic mass is 9.88. The number of aliphatic hydroxyl groups excluding tert-OH is 2. The van der Waals surface area contributed by atoms with Crippen LogP contribution in [0.4, 0.5) is 0 Å². The van der Waals surface area contributed by atoms with Gasteiger partial charge in [-0.3, -0.25) is 0 Å². The van der Waals surface area contributed by atoms with Gasteiger partial charge in [-0.2, -0.15) is 0 Å². The van der Waals surface area contributed by atoms with Gasteiger partial charge in [-0.05, 0) is 37.3 Å². The smallest absolute Gasteiger partial charge is 0.159 e. The molecule has 5 heteroatoms. The average molecular weight is 355 g/mol. The molecule has 140 valence electrons. The SMILES string of the molecule is CC(C)CNC1CC(O)C(CO)C1Cc1ccnc(-c2ccccc2)n1. The minimum atomic E-state index is -0.468. The molecule has 1 saturated carbocycles. The topological polar surface area (TPSA) is 78.3 Å². The molecular weight excluding hydrogens is 326 g/mol. The van der Waals surface area contributed by atoms with Crippen molar-refractivity contribution in [2.24, 2.45) is 17.8 Å². The zero-order valence-corrected chi connectivity index (χ0v) is 15.5.